The molecule has 3 aromatic carbocycles. The van der Waals surface area contributed by atoms with Crippen LogP contribution in [-0.2, 0) is 6.54 Å². The van der Waals surface area contributed by atoms with Gasteiger partial charge >= 0.3 is 0 Å². The number of para-hydroxylation sites is 1. The fraction of sp³-hybridized carbons (Fsp3) is 0.0909. The Bertz CT molecular complexity index is 1180. The first-order valence-corrected chi connectivity index (χ1v) is 9.97. The summed E-state index contributed by atoms with van der Waals surface area (Å²) >= 11 is 7.37. The van der Waals surface area contributed by atoms with E-state index in [-0.39, 0.29) is 12.5 Å². The maximum absolute atomic E-state index is 12.6. The standard InChI is InChI=1S/C22H17ClN2O2S/c23-17-12-10-15(11-13-17)19(26)14-25-18-8-4-5-9-20(18)28-22(25)24-21(27)16-6-2-1-3-7-16/h1-13,19,26H,14H2/t19-/m0/s1. The Morgan fingerprint density at radius 1 is 1.00 bits per heavy atom. The SMILES string of the molecule is O=C(N=c1sc2ccccc2n1C[C@H](O)c1ccc(Cl)cc1)c1ccccc1. The summed E-state index contributed by atoms with van der Waals surface area (Å²) in [6.45, 7) is 0.284. The molecule has 4 rings (SSSR count). The molecule has 28 heavy (non-hydrogen) atoms. The van der Waals surface area contributed by atoms with Gasteiger partial charge in [-0.25, -0.2) is 0 Å². The van der Waals surface area contributed by atoms with Gasteiger partial charge in [0, 0.05) is 10.6 Å². The lowest BCUT2D eigenvalue weighted by Gasteiger charge is -2.13. The molecule has 0 aliphatic rings. The number of fused-ring (bicyclic) bond motifs is 1. The molecule has 6 heteroatoms. The molecule has 4 nitrogen and oxygen atoms in total. The Balaban J connectivity index is 1.76. The van der Waals surface area contributed by atoms with Gasteiger partial charge < -0.3 is 9.67 Å². The predicted octanol–water partition coefficient (Wildman–Crippen LogP) is 4.83. The van der Waals surface area contributed by atoms with Crippen LogP contribution in [0.25, 0.3) is 10.2 Å². The monoisotopic (exact) mass is 408 g/mol. The summed E-state index contributed by atoms with van der Waals surface area (Å²) in [6.07, 6.45) is -0.749. The van der Waals surface area contributed by atoms with Gasteiger partial charge in [0.1, 0.15) is 0 Å². The van der Waals surface area contributed by atoms with Crippen LogP contribution in [-0.4, -0.2) is 15.6 Å². The molecule has 0 unspecified atom stereocenters. The third-order valence-corrected chi connectivity index (χ3v) is 5.73. The zero-order valence-electron chi connectivity index (χ0n) is 14.8. The van der Waals surface area contributed by atoms with Crippen molar-refractivity contribution in [1.29, 1.82) is 0 Å². The van der Waals surface area contributed by atoms with Crippen molar-refractivity contribution in [1.82, 2.24) is 4.57 Å². The third-order valence-electron chi connectivity index (χ3n) is 4.42. The van der Waals surface area contributed by atoms with Crippen molar-refractivity contribution in [2.24, 2.45) is 4.99 Å². The number of nitrogens with zero attached hydrogens (tertiary/aromatic N) is 2. The third kappa shape index (κ3) is 3.92. The summed E-state index contributed by atoms with van der Waals surface area (Å²) in [5.74, 6) is -0.304. The second-order valence-electron chi connectivity index (χ2n) is 6.31. The van der Waals surface area contributed by atoms with Crippen LogP contribution in [0.4, 0.5) is 0 Å². The summed E-state index contributed by atoms with van der Waals surface area (Å²) in [5.41, 5.74) is 2.22. The molecule has 0 aliphatic carbocycles. The zero-order valence-corrected chi connectivity index (χ0v) is 16.4. The molecular formula is C22H17ClN2O2S. The number of carbonyl (C=O) groups excluding carboxylic acids is 1. The number of carbonyl (C=O) groups is 1. The average Bonchev–Trinajstić information content (AvgIpc) is 3.06. The molecule has 4 aromatic rings. The quantitative estimate of drug-likeness (QED) is 0.525. The predicted molar refractivity (Wildman–Crippen MR) is 113 cm³/mol. The van der Waals surface area contributed by atoms with E-state index in [1.165, 1.54) is 11.3 Å². The Morgan fingerprint density at radius 2 is 1.68 bits per heavy atom. The largest absolute Gasteiger partial charge is 0.387 e. The van der Waals surface area contributed by atoms with E-state index in [0.29, 0.717) is 15.4 Å². The molecule has 0 aliphatic heterocycles. The maximum atomic E-state index is 12.6. The van der Waals surface area contributed by atoms with Gasteiger partial charge in [0.05, 0.1) is 22.9 Å². The number of halogens is 1. The van der Waals surface area contributed by atoms with Gasteiger partial charge in [-0.1, -0.05) is 65.4 Å². The van der Waals surface area contributed by atoms with E-state index in [9.17, 15) is 9.90 Å². The van der Waals surface area contributed by atoms with E-state index in [0.717, 1.165) is 15.8 Å². The highest BCUT2D eigenvalue weighted by Gasteiger charge is 2.14. The highest BCUT2D eigenvalue weighted by atomic mass is 35.5. The molecule has 0 fully saturated rings. The van der Waals surface area contributed by atoms with Crippen molar-refractivity contribution in [3.05, 3.63) is 99.8 Å². The summed E-state index contributed by atoms with van der Waals surface area (Å²) in [5, 5.41) is 11.4. The van der Waals surface area contributed by atoms with Crippen LogP contribution in [0.1, 0.15) is 22.0 Å². The summed E-state index contributed by atoms with van der Waals surface area (Å²) in [4.78, 5) is 17.5. The molecule has 0 saturated heterocycles. The fourth-order valence-electron chi connectivity index (χ4n) is 2.98. The molecular weight excluding hydrogens is 392 g/mol. The van der Waals surface area contributed by atoms with Crippen LogP contribution in [0, 0.1) is 0 Å². The summed E-state index contributed by atoms with van der Waals surface area (Å²) in [6, 6.07) is 23.9. The first-order chi connectivity index (χ1) is 13.6. The molecule has 1 amide bonds. The Labute approximate surface area is 171 Å². The number of rotatable bonds is 4. The van der Waals surface area contributed by atoms with E-state index in [1.807, 2.05) is 47.0 Å². The number of hydrogen-bond acceptors (Lipinski definition) is 3. The second kappa shape index (κ2) is 8.10. The van der Waals surface area contributed by atoms with E-state index >= 15 is 0 Å². The first-order valence-electron chi connectivity index (χ1n) is 8.78. The highest BCUT2D eigenvalue weighted by Crippen LogP contribution is 2.22. The van der Waals surface area contributed by atoms with Crippen LogP contribution in [0.5, 0.6) is 0 Å². The Morgan fingerprint density at radius 3 is 2.43 bits per heavy atom. The maximum Gasteiger partial charge on any atom is 0.279 e. The topological polar surface area (TPSA) is 54.6 Å². The van der Waals surface area contributed by atoms with Crippen LogP contribution < -0.4 is 4.80 Å². The van der Waals surface area contributed by atoms with Crippen molar-refractivity contribution in [2.75, 3.05) is 0 Å². The van der Waals surface area contributed by atoms with Gasteiger partial charge in [0.2, 0.25) is 0 Å². The molecule has 1 aromatic heterocycles. The molecule has 0 radical (unpaired) electrons. The van der Waals surface area contributed by atoms with Crippen molar-refractivity contribution in [3.8, 4) is 0 Å². The van der Waals surface area contributed by atoms with Gasteiger partial charge in [-0.3, -0.25) is 4.79 Å². The lowest BCUT2D eigenvalue weighted by Crippen LogP contribution is -2.20. The number of aliphatic hydroxyl groups excluding tert-OH is 1. The van der Waals surface area contributed by atoms with Crippen molar-refractivity contribution < 1.29 is 9.90 Å². The van der Waals surface area contributed by atoms with Gasteiger partial charge in [-0.15, -0.1) is 0 Å². The number of aromatic nitrogens is 1. The highest BCUT2D eigenvalue weighted by molar-refractivity contribution is 7.16. The van der Waals surface area contributed by atoms with Gasteiger partial charge in [0.25, 0.3) is 5.91 Å². The molecule has 1 atom stereocenters. The van der Waals surface area contributed by atoms with Crippen LogP contribution in [0.3, 0.4) is 0 Å². The Hall–Kier alpha value is -2.73. The minimum atomic E-state index is -0.749. The van der Waals surface area contributed by atoms with Crippen molar-refractivity contribution >= 4 is 39.1 Å². The molecule has 0 spiro atoms. The van der Waals surface area contributed by atoms with E-state index in [2.05, 4.69) is 4.99 Å². The van der Waals surface area contributed by atoms with E-state index in [4.69, 9.17) is 11.6 Å². The minimum absolute atomic E-state index is 0.284. The van der Waals surface area contributed by atoms with Crippen LogP contribution >= 0.6 is 22.9 Å². The first kappa shape index (κ1) is 18.6. The second-order valence-corrected chi connectivity index (χ2v) is 7.76. The van der Waals surface area contributed by atoms with Gasteiger partial charge in [0.15, 0.2) is 4.80 Å². The lowest BCUT2D eigenvalue weighted by molar-refractivity contribution is 0.0996. The molecule has 1 heterocycles. The number of amides is 1. The molecule has 140 valence electrons. The van der Waals surface area contributed by atoms with Gasteiger partial charge in [-0.2, -0.15) is 4.99 Å². The molecule has 0 bridgehead atoms. The minimum Gasteiger partial charge on any atom is -0.387 e. The average molecular weight is 409 g/mol. The molecule has 1 N–H and O–H groups in total. The smallest absolute Gasteiger partial charge is 0.279 e. The lowest BCUT2D eigenvalue weighted by atomic mass is 10.1. The van der Waals surface area contributed by atoms with E-state index in [1.54, 1.807) is 36.4 Å². The molecule has 0 saturated carbocycles. The zero-order chi connectivity index (χ0) is 19.5. The number of thiazole rings is 1. The normalized spacial score (nSPS) is 13.0. The number of hydrogen-bond donors (Lipinski definition) is 1. The Kier molecular flexibility index (Phi) is 5.39. The number of aliphatic hydroxyl groups is 1. The fourth-order valence-corrected chi connectivity index (χ4v) is 4.14. The number of benzene rings is 3. The van der Waals surface area contributed by atoms with Crippen LogP contribution in [0.2, 0.25) is 5.02 Å². The van der Waals surface area contributed by atoms with Crippen molar-refractivity contribution in [2.45, 2.75) is 12.6 Å². The summed E-state index contributed by atoms with van der Waals surface area (Å²) < 4.78 is 2.89. The van der Waals surface area contributed by atoms with E-state index < -0.39 is 6.10 Å². The van der Waals surface area contributed by atoms with Gasteiger partial charge in [-0.05, 0) is 42.0 Å². The van der Waals surface area contributed by atoms with Crippen molar-refractivity contribution in [3.63, 3.8) is 0 Å². The summed E-state index contributed by atoms with van der Waals surface area (Å²) in [7, 11) is 0. The van der Waals surface area contributed by atoms with Crippen LogP contribution in [0.15, 0.2) is 83.9 Å².